The van der Waals surface area contributed by atoms with Crippen LogP contribution in [0.15, 0.2) is 60.7 Å². The molecule has 2 unspecified atom stereocenters. The van der Waals surface area contributed by atoms with E-state index in [9.17, 15) is 0 Å². The van der Waals surface area contributed by atoms with Crippen LogP contribution in [-0.2, 0) is 0 Å². The Bertz CT molecular complexity index is 1420. The average Bonchev–Trinajstić information content (AvgIpc) is 2.91. The van der Waals surface area contributed by atoms with Crippen LogP contribution >= 0.6 is 34.8 Å². The molecule has 0 amide bonds. The molecule has 5 rings (SSSR count). The van der Waals surface area contributed by atoms with Crippen molar-refractivity contribution < 1.29 is 0 Å². The summed E-state index contributed by atoms with van der Waals surface area (Å²) in [6.07, 6.45) is 8.82. The Hall–Kier alpha value is -2.63. The Labute approximate surface area is 232 Å². The number of hydrogen-bond acceptors (Lipinski definition) is 4. The van der Waals surface area contributed by atoms with Crippen molar-refractivity contribution >= 4 is 63.7 Å². The molecule has 4 nitrogen and oxygen atoms in total. The number of aromatic nitrogens is 2. The molecule has 1 aliphatic rings. The van der Waals surface area contributed by atoms with Crippen molar-refractivity contribution in [2.45, 2.75) is 25.7 Å². The number of nitrogens with two attached hydrogens (primary N) is 1. The highest BCUT2D eigenvalue weighted by molar-refractivity contribution is 6.36. The number of nitrogens with zero attached hydrogens (tertiary/aromatic N) is 2. The summed E-state index contributed by atoms with van der Waals surface area (Å²) >= 11 is 18.7. The van der Waals surface area contributed by atoms with Crippen molar-refractivity contribution in [3.63, 3.8) is 0 Å². The number of halogens is 3. The number of anilines is 1. The topological polar surface area (TPSA) is 63.8 Å². The summed E-state index contributed by atoms with van der Waals surface area (Å²) in [6, 6.07) is 19.5. The third-order valence-corrected chi connectivity index (χ3v) is 7.82. The van der Waals surface area contributed by atoms with Gasteiger partial charge in [0, 0.05) is 32.6 Å². The Morgan fingerprint density at radius 1 is 0.865 bits per heavy atom. The van der Waals surface area contributed by atoms with Gasteiger partial charge >= 0.3 is 0 Å². The fourth-order valence-corrected chi connectivity index (χ4v) is 5.72. The first-order valence-corrected chi connectivity index (χ1v) is 13.8. The van der Waals surface area contributed by atoms with Crippen LogP contribution in [0.2, 0.25) is 15.1 Å². The Morgan fingerprint density at radius 3 is 2.41 bits per heavy atom. The van der Waals surface area contributed by atoms with Crippen LogP contribution in [0.4, 0.5) is 5.82 Å². The minimum atomic E-state index is 0.603. The van der Waals surface area contributed by atoms with Gasteiger partial charge in [-0.3, -0.25) is 0 Å². The molecule has 1 fully saturated rings. The zero-order chi connectivity index (χ0) is 25.8. The third-order valence-electron chi connectivity index (χ3n) is 7.04. The zero-order valence-electron chi connectivity index (χ0n) is 20.4. The van der Waals surface area contributed by atoms with Crippen LogP contribution in [-0.4, -0.2) is 23.1 Å². The molecule has 0 aliphatic heterocycles. The van der Waals surface area contributed by atoms with E-state index in [1.807, 2.05) is 66.7 Å². The first kappa shape index (κ1) is 26.0. The highest BCUT2D eigenvalue weighted by Gasteiger charge is 2.21. The molecule has 190 valence electrons. The predicted molar refractivity (Wildman–Crippen MR) is 158 cm³/mol. The molecule has 0 spiro atoms. The largest absolute Gasteiger partial charge is 0.369 e. The normalized spacial score (nSPS) is 17.9. The van der Waals surface area contributed by atoms with E-state index in [1.165, 1.54) is 25.7 Å². The van der Waals surface area contributed by atoms with E-state index in [2.05, 4.69) is 5.32 Å². The van der Waals surface area contributed by atoms with E-state index in [0.717, 1.165) is 46.5 Å². The summed E-state index contributed by atoms with van der Waals surface area (Å²) in [5.74, 6) is 2.70. The lowest BCUT2D eigenvalue weighted by molar-refractivity contribution is 0.281. The van der Waals surface area contributed by atoms with Gasteiger partial charge in [-0.15, -0.1) is 0 Å². The molecule has 1 saturated carbocycles. The fourth-order valence-electron chi connectivity index (χ4n) is 5.04. The Balaban J connectivity index is 1.36. The summed E-state index contributed by atoms with van der Waals surface area (Å²) in [5, 5.41) is 6.48. The van der Waals surface area contributed by atoms with Crippen LogP contribution in [0, 0.1) is 11.8 Å². The van der Waals surface area contributed by atoms with Crippen molar-refractivity contribution in [2.24, 2.45) is 17.6 Å². The van der Waals surface area contributed by atoms with Crippen molar-refractivity contribution in [3.8, 4) is 11.1 Å². The average molecular weight is 552 g/mol. The molecule has 0 radical (unpaired) electrons. The van der Waals surface area contributed by atoms with Gasteiger partial charge in [0.2, 0.25) is 0 Å². The quantitative estimate of drug-likeness (QED) is 0.241. The third kappa shape index (κ3) is 6.45. The second-order valence-corrected chi connectivity index (χ2v) is 11.0. The molecule has 1 aromatic heterocycles. The smallest absolute Gasteiger partial charge is 0.154 e. The van der Waals surface area contributed by atoms with E-state index >= 15 is 0 Å². The SMILES string of the molecule is NCC1CCCC(CNc2nc(/C=C/c3ccc(-c4ccc(Cl)cc4Cl)cc3)nc3cc(Cl)ccc23)C1. The molecule has 1 aliphatic carbocycles. The minimum Gasteiger partial charge on any atom is -0.369 e. The van der Waals surface area contributed by atoms with Crippen LogP contribution in [0.1, 0.15) is 37.1 Å². The van der Waals surface area contributed by atoms with Gasteiger partial charge in [-0.05, 0) is 85.2 Å². The van der Waals surface area contributed by atoms with Gasteiger partial charge in [0.15, 0.2) is 5.82 Å². The molecule has 3 N–H and O–H groups in total. The predicted octanol–water partition coefficient (Wildman–Crippen LogP) is 8.60. The first-order chi connectivity index (χ1) is 18.0. The lowest BCUT2D eigenvalue weighted by Crippen LogP contribution is -2.26. The van der Waals surface area contributed by atoms with Gasteiger partial charge in [0.1, 0.15) is 5.82 Å². The molecule has 3 aromatic carbocycles. The van der Waals surface area contributed by atoms with Crippen molar-refractivity contribution in [1.82, 2.24) is 9.97 Å². The van der Waals surface area contributed by atoms with Crippen LogP contribution in [0.5, 0.6) is 0 Å². The molecule has 4 aromatic rings. The standard InChI is InChI=1S/C30H29Cl3N4/c31-23-9-11-25(27(33)15-23)22-7-4-19(5-8-22)6-13-29-36-28-16-24(32)10-12-26(28)30(37-29)35-18-21-3-1-2-20(14-21)17-34/h4-13,15-16,20-21H,1-3,14,17-18,34H2,(H,35,36,37)/b13-6+. The van der Waals surface area contributed by atoms with Crippen molar-refractivity contribution in [2.75, 3.05) is 18.4 Å². The minimum absolute atomic E-state index is 0.603. The maximum absolute atomic E-state index is 6.37. The van der Waals surface area contributed by atoms with Crippen molar-refractivity contribution in [3.05, 3.63) is 87.1 Å². The fraction of sp³-hybridized carbons (Fsp3) is 0.267. The van der Waals surface area contributed by atoms with E-state index in [0.29, 0.717) is 32.7 Å². The number of fused-ring (bicyclic) bond motifs is 1. The van der Waals surface area contributed by atoms with E-state index in [-0.39, 0.29) is 0 Å². The van der Waals surface area contributed by atoms with Gasteiger partial charge in [0.25, 0.3) is 0 Å². The number of benzene rings is 3. The lowest BCUT2D eigenvalue weighted by atomic mass is 9.81. The number of rotatable bonds is 7. The monoisotopic (exact) mass is 550 g/mol. The molecule has 0 bridgehead atoms. The zero-order valence-corrected chi connectivity index (χ0v) is 22.7. The highest BCUT2D eigenvalue weighted by Crippen LogP contribution is 2.32. The van der Waals surface area contributed by atoms with Crippen LogP contribution in [0.25, 0.3) is 34.2 Å². The number of hydrogen-bond donors (Lipinski definition) is 2. The summed E-state index contributed by atoms with van der Waals surface area (Å²) in [5.41, 5.74) is 9.77. The molecule has 7 heteroatoms. The van der Waals surface area contributed by atoms with E-state index in [4.69, 9.17) is 50.5 Å². The molecule has 0 saturated heterocycles. The van der Waals surface area contributed by atoms with Gasteiger partial charge in [-0.25, -0.2) is 9.97 Å². The summed E-state index contributed by atoms with van der Waals surface area (Å²) < 4.78 is 0. The van der Waals surface area contributed by atoms with Gasteiger partial charge in [0.05, 0.1) is 5.52 Å². The van der Waals surface area contributed by atoms with Gasteiger partial charge < -0.3 is 11.1 Å². The Morgan fingerprint density at radius 2 is 1.62 bits per heavy atom. The van der Waals surface area contributed by atoms with Crippen LogP contribution in [0.3, 0.4) is 0 Å². The maximum atomic E-state index is 6.37. The van der Waals surface area contributed by atoms with E-state index < -0.39 is 0 Å². The highest BCUT2D eigenvalue weighted by atomic mass is 35.5. The molecular weight excluding hydrogens is 523 g/mol. The summed E-state index contributed by atoms with van der Waals surface area (Å²) in [4.78, 5) is 9.60. The molecular formula is C30H29Cl3N4. The van der Waals surface area contributed by atoms with Crippen molar-refractivity contribution in [1.29, 1.82) is 0 Å². The summed E-state index contributed by atoms with van der Waals surface area (Å²) in [7, 11) is 0. The van der Waals surface area contributed by atoms with Gasteiger partial charge in [-0.1, -0.05) is 77.6 Å². The molecule has 1 heterocycles. The lowest BCUT2D eigenvalue weighted by Gasteiger charge is -2.28. The summed E-state index contributed by atoms with van der Waals surface area (Å²) in [6.45, 7) is 1.65. The maximum Gasteiger partial charge on any atom is 0.154 e. The van der Waals surface area contributed by atoms with Crippen LogP contribution < -0.4 is 11.1 Å². The second kappa shape index (κ2) is 11.8. The first-order valence-electron chi connectivity index (χ1n) is 12.6. The second-order valence-electron chi connectivity index (χ2n) is 9.69. The molecule has 37 heavy (non-hydrogen) atoms. The van der Waals surface area contributed by atoms with Gasteiger partial charge in [-0.2, -0.15) is 0 Å². The van der Waals surface area contributed by atoms with E-state index in [1.54, 1.807) is 6.07 Å². The molecule has 2 atom stereocenters. The Kier molecular flexibility index (Phi) is 8.31. The number of nitrogens with one attached hydrogen (secondary N) is 1.